The zero-order chi connectivity index (χ0) is 14.6. The van der Waals surface area contributed by atoms with Crippen LogP contribution in [0.1, 0.15) is 24.2 Å². The average molecular weight is 270 g/mol. The number of nitrogens with one attached hydrogen (secondary N) is 1. The molecule has 0 saturated heterocycles. The lowest BCUT2D eigenvalue weighted by molar-refractivity contribution is -0.385. The number of halogens is 1. The number of rotatable bonds is 5. The van der Waals surface area contributed by atoms with E-state index in [-0.39, 0.29) is 11.3 Å². The lowest BCUT2D eigenvalue weighted by Crippen LogP contribution is -2.31. The summed E-state index contributed by atoms with van der Waals surface area (Å²) in [7, 11) is 0. The van der Waals surface area contributed by atoms with E-state index in [4.69, 9.17) is 5.84 Å². The van der Waals surface area contributed by atoms with Crippen LogP contribution in [0, 0.1) is 15.9 Å². The average Bonchev–Trinajstić information content (AvgIpc) is 2.39. The number of amides is 1. The molecular weight excluding hydrogens is 255 g/mol. The van der Waals surface area contributed by atoms with Crippen molar-refractivity contribution in [1.29, 1.82) is 0 Å². The van der Waals surface area contributed by atoms with Crippen molar-refractivity contribution in [3.8, 4) is 0 Å². The molecule has 19 heavy (non-hydrogen) atoms. The number of nitro benzene ring substituents is 1. The third kappa shape index (κ3) is 2.97. The second kappa shape index (κ2) is 6.10. The lowest BCUT2D eigenvalue weighted by Gasteiger charge is -2.19. The zero-order valence-electron chi connectivity index (χ0n) is 10.6. The molecule has 0 radical (unpaired) electrons. The first-order valence-electron chi connectivity index (χ1n) is 5.70. The van der Waals surface area contributed by atoms with Crippen LogP contribution >= 0.6 is 0 Å². The molecule has 0 aliphatic heterocycles. The number of benzene rings is 1. The van der Waals surface area contributed by atoms with E-state index in [2.05, 4.69) is 5.43 Å². The maximum Gasteiger partial charge on any atom is 0.285 e. The van der Waals surface area contributed by atoms with Crippen LogP contribution in [0.3, 0.4) is 0 Å². The molecule has 7 nitrogen and oxygen atoms in total. The summed E-state index contributed by atoms with van der Waals surface area (Å²) in [5.74, 6) is 3.68. The molecule has 8 heteroatoms. The van der Waals surface area contributed by atoms with Gasteiger partial charge in [0, 0.05) is 13.1 Å². The standard InChI is InChI=1S/C11H15FN4O3/c1-3-15(4-2)11(17)7-5-9(14-13)8(12)6-10(7)16(18)19/h5-6,14H,3-4,13H2,1-2H3. The van der Waals surface area contributed by atoms with Crippen molar-refractivity contribution in [2.45, 2.75) is 13.8 Å². The molecule has 1 aromatic rings. The Morgan fingerprint density at radius 2 is 2.05 bits per heavy atom. The van der Waals surface area contributed by atoms with E-state index in [1.807, 2.05) is 0 Å². The second-order valence-corrected chi connectivity index (χ2v) is 3.73. The Morgan fingerprint density at radius 3 is 2.47 bits per heavy atom. The van der Waals surface area contributed by atoms with Gasteiger partial charge < -0.3 is 10.3 Å². The van der Waals surface area contributed by atoms with E-state index < -0.39 is 22.3 Å². The summed E-state index contributed by atoms with van der Waals surface area (Å²) < 4.78 is 13.4. The number of carbonyl (C=O) groups is 1. The van der Waals surface area contributed by atoms with Crippen molar-refractivity contribution in [1.82, 2.24) is 4.90 Å². The number of hydrogen-bond acceptors (Lipinski definition) is 5. The molecular formula is C11H15FN4O3. The molecule has 3 N–H and O–H groups in total. The normalized spacial score (nSPS) is 10.1. The van der Waals surface area contributed by atoms with Crippen molar-refractivity contribution >= 4 is 17.3 Å². The van der Waals surface area contributed by atoms with Crippen molar-refractivity contribution in [2.75, 3.05) is 18.5 Å². The van der Waals surface area contributed by atoms with E-state index >= 15 is 0 Å². The van der Waals surface area contributed by atoms with Gasteiger partial charge in [0.25, 0.3) is 11.6 Å². The summed E-state index contributed by atoms with van der Waals surface area (Å²) in [4.78, 5) is 23.6. The Morgan fingerprint density at radius 1 is 1.47 bits per heavy atom. The monoisotopic (exact) mass is 270 g/mol. The molecule has 0 spiro atoms. The molecule has 0 aromatic heterocycles. The van der Waals surface area contributed by atoms with Crippen molar-refractivity contribution in [3.05, 3.63) is 33.6 Å². The predicted molar refractivity (Wildman–Crippen MR) is 68.1 cm³/mol. The lowest BCUT2D eigenvalue weighted by atomic mass is 10.1. The quantitative estimate of drug-likeness (QED) is 0.479. The first-order chi connectivity index (χ1) is 8.96. The van der Waals surface area contributed by atoms with Gasteiger partial charge in [-0.15, -0.1) is 0 Å². The molecule has 0 bridgehead atoms. The minimum Gasteiger partial charge on any atom is -0.339 e. The molecule has 0 unspecified atom stereocenters. The second-order valence-electron chi connectivity index (χ2n) is 3.73. The Balaban J connectivity index is 3.38. The van der Waals surface area contributed by atoms with Gasteiger partial charge >= 0.3 is 0 Å². The van der Waals surface area contributed by atoms with Crippen LogP contribution in [-0.2, 0) is 0 Å². The molecule has 0 saturated carbocycles. The maximum absolute atomic E-state index is 13.4. The molecule has 0 aliphatic rings. The molecule has 0 aliphatic carbocycles. The zero-order valence-corrected chi connectivity index (χ0v) is 10.6. The molecule has 104 valence electrons. The number of nitro groups is 1. The fourth-order valence-corrected chi connectivity index (χ4v) is 1.68. The van der Waals surface area contributed by atoms with Gasteiger partial charge in [-0.05, 0) is 19.9 Å². The Hall–Kier alpha value is -2.22. The molecule has 1 aromatic carbocycles. The summed E-state index contributed by atoms with van der Waals surface area (Å²) >= 11 is 0. The van der Waals surface area contributed by atoms with Crippen molar-refractivity contribution in [2.24, 2.45) is 5.84 Å². The van der Waals surface area contributed by atoms with E-state index in [1.54, 1.807) is 13.8 Å². The summed E-state index contributed by atoms with van der Waals surface area (Å²) in [6, 6.07) is 1.74. The van der Waals surface area contributed by atoms with Crippen LogP contribution < -0.4 is 11.3 Å². The third-order valence-electron chi connectivity index (χ3n) is 2.72. The number of nitrogens with zero attached hydrogens (tertiary/aromatic N) is 2. The molecule has 0 heterocycles. The fourth-order valence-electron chi connectivity index (χ4n) is 1.68. The number of carbonyl (C=O) groups excluding carboxylic acids is 1. The van der Waals surface area contributed by atoms with E-state index in [0.29, 0.717) is 19.2 Å². The number of anilines is 1. The van der Waals surface area contributed by atoms with Crippen LogP contribution in [0.5, 0.6) is 0 Å². The van der Waals surface area contributed by atoms with E-state index in [9.17, 15) is 19.3 Å². The smallest absolute Gasteiger partial charge is 0.285 e. The van der Waals surface area contributed by atoms with Gasteiger partial charge in [-0.3, -0.25) is 20.8 Å². The van der Waals surface area contributed by atoms with Gasteiger partial charge in [0.15, 0.2) is 5.82 Å². The first kappa shape index (κ1) is 14.8. The highest BCUT2D eigenvalue weighted by Gasteiger charge is 2.26. The van der Waals surface area contributed by atoms with Crippen LogP contribution in [0.15, 0.2) is 12.1 Å². The Bertz CT molecular complexity index is 503. The molecule has 1 rings (SSSR count). The predicted octanol–water partition coefficient (Wildman–Crippen LogP) is 1.50. The third-order valence-corrected chi connectivity index (χ3v) is 2.72. The van der Waals surface area contributed by atoms with Gasteiger partial charge in [-0.25, -0.2) is 4.39 Å². The van der Waals surface area contributed by atoms with Crippen molar-refractivity contribution in [3.63, 3.8) is 0 Å². The molecule has 0 atom stereocenters. The number of hydrogen-bond donors (Lipinski definition) is 2. The fraction of sp³-hybridized carbons (Fsp3) is 0.364. The summed E-state index contributed by atoms with van der Waals surface area (Å²) in [5.41, 5.74) is 1.13. The van der Waals surface area contributed by atoms with Gasteiger partial charge in [0.1, 0.15) is 5.56 Å². The van der Waals surface area contributed by atoms with Gasteiger partial charge in [0.2, 0.25) is 0 Å². The number of hydrazine groups is 1. The Labute approximate surface area is 109 Å². The minimum absolute atomic E-state index is 0.166. The van der Waals surface area contributed by atoms with Crippen LogP contribution in [0.25, 0.3) is 0 Å². The van der Waals surface area contributed by atoms with Gasteiger partial charge in [0.05, 0.1) is 16.7 Å². The van der Waals surface area contributed by atoms with Crippen LogP contribution in [0.4, 0.5) is 15.8 Å². The summed E-state index contributed by atoms with van der Waals surface area (Å²) in [6.45, 7) is 4.29. The molecule has 0 fully saturated rings. The van der Waals surface area contributed by atoms with Crippen LogP contribution in [0.2, 0.25) is 0 Å². The highest BCUT2D eigenvalue weighted by atomic mass is 19.1. The van der Waals surface area contributed by atoms with Gasteiger partial charge in [-0.1, -0.05) is 0 Å². The van der Waals surface area contributed by atoms with Crippen molar-refractivity contribution < 1.29 is 14.1 Å². The largest absolute Gasteiger partial charge is 0.339 e. The SMILES string of the molecule is CCN(CC)C(=O)c1cc(NN)c(F)cc1[N+](=O)[O-]. The highest BCUT2D eigenvalue weighted by molar-refractivity contribution is 5.99. The summed E-state index contributed by atoms with van der Waals surface area (Å²) in [5, 5.41) is 10.9. The highest BCUT2D eigenvalue weighted by Crippen LogP contribution is 2.26. The molecule has 1 amide bonds. The number of nitrogens with two attached hydrogens (primary N) is 1. The van der Waals surface area contributed by atoms with Gasteiger partial charge in [-0.2, -0.15) is 0 Å². The van der Waals surface area contributed by atoms with Crippen LogP contribution in [-0.4, -0.2) is 28.8 Å². The van der Waals surface area contributed by atoms with E-state index in [1.165, 1.54) is 4.90 Å². The summed E-state index contributed by atoms with van der Waals surface area (Å²) in [6.07, 6.45) is 0. The maximum atomic E-state index is 13.4. The minimum atomic E-state index is -0.884. The topological polar surface area (TPSA) is 102 Å². The van der Waals surface area contributed by atoms with E-state index in [0.717, 1.165) is 6.07 Å². The number of nitrogen functional groups attached to an aromatic ring is 1. The Kier molecular flexibility index (Phi) is 4.76. The first-order valence-corrected chi connectivity index (χ1v) is 5.70.